The summed E-state index contributed by atoms with van der Waals surface area (Å²) in [4.78, 5) is 11.0. The third-order valence-corrected chi connectivity index (χ3v) is 2.81. The first-order valence-corrected chi connectivity index (χ1v) is 6.34. The van der Waals surface area contributed by atoms with Crippen LogP contribution in [0, 0.1) is 5.41 Å². The van der Waals surface area contributed by atoms with Crippen molar-refractivity contribution in [2.24, 2.45) is 5.41 Å². The fraction of sp³-hybridized carbons (Fsp3) is 0.500. The standard InChI is InChI=1S/C14H19ClO3/c1-14(2,3)8-5-9-18-12-10(13(16)17)6-4-7-11(12)15/h4,6-7H,5,8-9H2,1-3H3,(H,16,17). The van der Waals surface area contributed by atoms with Gasteiger partial charge in [-0.1, -0.05) is 38.4 Å². The summed E-state index contributed by atoms with van der Waals surface area (Å²) in [6, 6.07) is 4.73. The molecule has 0 bridgehead atoms. The van der Waals surface area contributed by atoms with Gasteiger partial charge in [-0.05, 0) is 30.4 Å². The molecule has 0 aliphatic carbocycles. The minimum absolute atomic E-state index is 0.109. The van der Waals surface area contributed by atoms with Crippen molar-refractivity contribution in [2.75, 3.05) is 6.61 Å². The van der Waals surface area contributed by atoms with Crippen LogP contribution in [0.2, 0.25) is 5.02 Å². The average molecular weight is 271 g/mol. The smallest absolute Gasteiger partial charge is 0.339 e. The topological polar surface area (TPSA) is 46.5 Å². The molecule has 0 aliphatic rings. The van der Waals surface area contributed by atoms with Crippen molar-refractivity contribution < 1.29 is 14.6 Å². The highest BCUT2D eigenvalue weighted by atomic mass is 35.5. The highest BCUT2D eigenvalue weighted by molar-refractivity contribution is 6.32. The molecule has 1 aromatic carbocycles. The molecule has 3 nitrogen and oxygen atoms in total. The predicted molar refractivity (Wildman–Crippen MR) is 72.6 cm³/mol. The zero-order chi connectivity index (χ0) is 13.8. The van der Waals surface area contributed by atoms with Gasteiger partial charge in [-0.15, -0.1) is 0 Å². The lowest BCUT2D eigenvalue weighted by Gasteiger charge is -2.18. The lowest BCUT2D eigenvalue weighted by Crippen LogP contribution is -2.09. The van der Waals surface area contributed by atoms with E-state index in [1.54, 1.807) is 12.1 Å². The molecule has 0 saturated carbocycles. The summed E-state index contributed by atoms with van der Waals surface area (Å²) in [6.07, 6.45) is 1.88. The van der Waals surface area contributed by atoms with Crippen LogP contribution in [0.4, 0.5) is 0 Å². The van der Waals surface area contributed by atoms with Gasteiger partial charge in [-0.2, -0.15) is 0 Å². The molecular formula is C14H19ClO3. The van der Waals surface area contributed by atoms with E-state index >= 15 is 0 Å². The van der Waals surface area contributed by atoms with Gasteiger partial charge in [-0.25, -0.2) is 4.79 Å². The van der Waals surface area contributed by atoms with Gasteiger partial charge >= 0.3 is 5.97 Å². The molecule has 0 aliphatic heterocycles. The maximum absolute atomic E-state index is 11.0. The van der Waals surface area contributed by atoms with Crippen LogP contribution in [0.15, 0.2) is 18.2 Å². The molecule has 0 unspecified atom stereocenters. The largest absolute Gasteiger partial charge is 0.491 e. The second kappa shape index (κ2) is 6.10. The Morgan fingerprint density at radius 1 is 1.39 bits per heavy atom. The number of para-hydroxylation sites is 1. The highest BCUT2D eigenvalue weighted by Crippen LogP contribution is 2.29. The van der Waals surface area contributed by atoms with Gasteiger partial charge in [0, 0.05) is 0 Å². The van der Waals surface area contributed by atoms with Crippen LogP contribution in [0.5, 0.6) is 5.75 Å². The van der Waals surface area contributed by atoms with E-state index < -0.39 is 5.97 Å². The summed E-state index contributed by atoms with van der Waals surface area (Å²) >= 11 is 5.95. The quantitative estimate of drug-likeness (QED) is 0.814. The Bertz CT molecular complexity index is 422. The Labute approximate surface area is 113 Å². The van der Waals surface area contributed by atoms with Gasteiger partial charge < -0.3 is 9.84 Å². The molecule has 0 amide bonds. The van der Waals surface area contributed by atoms with E-state index in [4.69, 9.17) is 21.4 Å². The molecule has 0 heterocycles. The summed E-state index contributed by atoms with van der Waals surface area (Å²) in [5, 5.41) is 9.38. The number of halogens is 1. The Hall–Kier alpha value is -1.22. The Balaban J connectivity index is 2.64. The maximum Gasteiger partial charge on any atom is 0.339 e. The molecular weight excluding hydrogens is 252 g/mol. The summed E-state index contributed by atoms with van der Waals surface area (Å²) in [6.45, 7) is 6.95. The van der Waals surface area contributed by atoms with Crippen LogP contribution >= 0.6 is 11.6 Å². The summed E-state index contributed by atoms with van der Waals surface area (Å²) in [7, 11) is 0. The van der Waals surface area contributed by atoms with Gasteiger partial charge in [0.15, 0.2) is 5.75 Å². The SMILES string of the molecule is CC(C)(C)CCCOc1c(Cl)cccc1C(=O)O. The van der Waals surface area contributed by atoms with Gasteiger partial charge in [0.2, 0.25) is 0 Å². The molecule has 0 atom stereocenters. The molecule has 0 saturated heterocycles. The number of carbonyl (C=O) groups is 1. The van der Waals surface area contributed by atoms with Crippen LogP contribution in [-0.2, 0) is 0 Å². The van der Waals surface area contributed by atoms with E-state index in [-0.39, 0.29) is 16.7 Å². The number of benzene rings is 1. The van der Waals surface area contributed by atoms with E-state index in [2.05, 4.69) is 20.8 Å². The molecule has 0 aromatic heterocycles. The fourth-order valence-electron chi connectivity index (χ4n) is 1.60. The molecule has 1 aromatic rings. The second-order valence-corrected chi connectivity index (χ2v) is 5.84. The first kappa shape index (κ1) is 14.8. The van der Waals surface area contributed by atoms with Crippen LogP contribution in [0.3, 0.4) is 0 Å². The lowest BCUT2D eigenvalue weighted by atomic mass is 9.91. The van der Waals surface area contributed by atoms with Crippen LogP contribution in [0.1, 0.15) is 44.0 Å². The number of carboxylic acids is 1. The molecule has 100 valence electrons. The van der Waals surface area contributed by atoms with Gasteiger partial charge in [0.05, 0.1) is 11.6 Å². The fourth-order valence-corrected chi connectivity index (χ4v) is 1.83. The van der Waals surface area contributed by atoms with Crippen molar-refractivity contribution in [1.82, 2.24) is 0 Å². The van der Waals surface area contributed by atoms with Crippen molar-refractivity contribution in [3.63, 3.8) is 0 Å². The van der Waals surface area contributed by atoms with E-state index in [0.29, 0.717) is 11.6 Å². The highest BCUT2D eigenvalue weighted by Gasteiger charge is 2.15. The molecule has 1 N–H and O–H groups in total. The first-order valence-electron chi connectivity index (χ1n) is 5.96. The minimum atomic E-state index is -1.02. The normalized spacial score (nSPS) is 11.3. The van der Waals surface area contributed by atoms with Crippen molar-refractivity contribution >= 4 is 17.6 Å². The molecule has 4 heteroatoms. The van der Waals surface area contributed by atoms with Crippen molar-refractivity contribution in [3.05, 3.63) is 28.8 Å². The molecule has 0 fully saturated rings. The Kier molecular flexibility index (Phi) is 5.03. The number of hydrogen-bond donors (Lipinski definition) is 1. The van der Waals surface area contributed by atoms with E-state index in [0.717, 1.165) is 12.8 Å². The van der Waals surface area contributed by atoms with Crippen LogP contribution in [0.25, 0.3) is 0 Å². The van der Waals surface area contributed by atoms with E-state index in [1.807, 2.05) is 0 Å². The zero-order valence-electron chi connectivity index (χ0n) is 11.0. The molecule has 0 radical (unpaired) electrons. The first-order chi connectivity index (χ1) is 8.31. The summed E-state index contributed by atoms with van der Waals surface area (Å²) in [5.74, 6) is -0.760. The monoisotopic (exact) mass is 270 g/mol. The summed E-state index contributed by atoms with van der Waals surface area (Å²) < 4.78 is 5.51. The predicted octanol–water partition coefficient (Wildman–Crippen LogP) is 4.24. The molecule has 18 heavy (non-hydrogen) atoms. The van der Waals surface area contributed by atoms with E-state index in [1.165, 1.54) is 6.07 Å². The number of ether oxygens (including phenoxy) is 1. The number of carboxylic acid groups (broad SMARTS) is 1. The molecule has 0 spiro atoms. The average Bonchev–Trinajstić information content (AvgIpc) is 2.24. The number of hydrogen-bond acceptors (Lipinski definition) is 2. The third kappa shape index (κ3) is 4.57. The second-order valence-electron chi connectivity index (χ2n) is 5.43. The van der Waals surface area contributed by atoms with Gasteiger partial charge in [-0.3, -0.25) is 0 Å². The van der Waals surface area contributed by atoms with E-state index in [9.17, 15) is 4.79 Å². The number of aromatic carboxylic acids is 1. The molecule has 1 rings (SSSR count). The van der Waals surface area contributed by atoms with Gasteiger partial charge in [0.25, 0.3) is 0 Å². The van der Waals surface area contributed by atoms with Crippen molar-refractivity contribution in [1.29, 1.82) is 0 Å². The third-order valence-electron chi connectivity index (χ3n) is 2.51. The van der Waals surface area contributed by atoms with Gasteiger partial charge in [0.1, 0.15) is 5.56 Å². The lowest BCUT2D eigenvalue weighted by molar-refractivity contribution is 0.0692. The van der Waals surface area contributed by atoms with Crippen molar-refractivity contribution in [3.8, 4) is 5.75 Å². The van der Waals surface area contributed by atoms with Crippen LogP contribution in [-0.4, -0.2) is 17.7 Å². The Morgan fingerprint density at radius 3 is 2.61 bits per heavy atom. The Morgan fingerprint density at radius 2 is 2.06 bits per heavy atom. The van der Waals surface area contributed by atoms with Crippen LogP contribution < -0.4 is 4.74 Å². The van der Waals surface area contributed by atoms with Crippen molar-refractivity contribution in [2.45, 2.75) is 33.6 Å². The summed E-state index contributed by atoms with van der Waals surface area (Å²) in [5.41, 5.74) is 0.359. The number of rotatable bonds is 5. The zero-order valence-corrected chi connectivity index (χ0v) is 11.8. The maximum atomic E-state index is 11.0. The minimum Gasteiger partial charge on any atom is -0.491 e.